The highest BCUT2D eigenvalue weighted by molar-refractivity contribution is 4.79. The zero-order valence-electron chi connectivity index (χ0n) is 12.6. The van der Waals surface area contributed by atoms with Crippen LogP contribution < -0.4 is 5.32 Å². The Morgan fingerprint density at radius 2 is 1.65 bits per heavy atom. The number of likely N-dealkylation sites (N-methyl/N-ethyl adjacent to an activating group) is 1. The lowest BCUT2D eigenvalue weighted by Gasteiger charge is -2.33. The topological polar surface area (TPSA) is 24.5 Å². The minimum absolute atomic E-state index is 0.483. The van der Waals surface area contributed by atoms with Crippen molar-refractivity contribution in [3.63, 3.8) is 0 Å². The second-order valence-corrected chi connectivity index (χ2v) is 5.08. The number of nitrogens with one attached hydrogen (secondary N) is 1. The molecule has 2 atom stereocenters. The summed E-state index contributed by atoms with van der Waals surface area (Å²) in [6.45, 7) is 8.65. The van der Waals surface area contributed by atoms with Gasteiger partial charge in [0.2, 0.25) is 0 Å². The summed E-state index contributed by atoms with van der Waals surface area (Å²) >= 11 is 0. The molecule has 0 aliphatic carbocycles. The fraction of sp³-hybridized carbons (Fsp3) is 1.00. The van der Waals surface area contributed by atoms with E-state index in [1.54, 1.807) is 7.11 Å². The fourth-order valence-electron chi connectivity index (χ4n) is 2.41. The molecular weight excluding hydrogens is 212 g/mol. The number of nitrogens with zero attached hydrogens (tertiary/aromatic N) is 1. The van der Waals surface area contributed by atoms with Crippen LogP contribution in [0.1, 0.15) is 40.0 Å². The molecule has 0 fully saturated rings. The third-order valence-electron chi connectivity index (χ3n) is 3.73. The molecule has 0 rings (SSSR count). The first kappa shape index (κ1) is 16.9. The summed E-state index contributed by atoms with van der Waals surface area (Å²) in [7, 11) is 6.14. The molecule has 0 saturated heterocycles. The monoisotopic (exact) mass is 244 g/mol. The Morgan fingerprint density at radius 3 is 2.00 bits per heavy atom. The van der Waals surface area contributed by atoms with Crippen LogP contribution >= 0.6 is 0 Å². The summed E-state index contributed by atoms with van der Waals surface area (Å²) in [4.78, 5) is 2.35. The van der Waals surface area contributed by atoms with Crippen LogP contribution in [0.3, 0.4) is 0 Å². The van der Waals surface area contributed by atoms with Gasteiger partial charge in [0.1, 0.15) is 0 Å². The van der Waals surface area contributed by atoms with Crippen LogP contribution in [-0.2, 0) is 4.74 Å². The number of rotatable bonds is 10. The van der Waals surface area contributed by atoms with Gasteiger partial charge < -0.3 is 15.0 Å². The Balaban J connectivity index is 4.24. The molecule has 17 heavy (non-hydrogen) atoms. The maximum atomic E-state index is 5.22. The zero-order chi connectivity index (χ0) is 13.3. The van der Waals surface area contributed by atoms with Crippen LogP contribution in [0.4, 0.5) is 0 Å². The Labute approximate surface area is 108 Å². The molecule has 0 spiro atoms. The van der Waals surface area contributed by atoms with E-state index >= 15 is 0 Å². The van der Waals surface area contributed by atoms with E-state index in [-0.39, 0.29) is 0 Å². The molecule has 0 aromatic carbocycles. The minimum Gasteiger partial charge on any atom is -0.383 e. The zero-order valence-corrected chi connectivity index (χ0v) is 12.6. The highest BCUT2D eigenvalue weighted by atomic mass is 16.5. The second-order valence-electron chi connectivity index (χ2n) is 5.08. The number of methoxy groups -OCH3 is 1. The van der Waals surface area contributed by atoms with Gasteiger partial charge in [-0.3, -0.25) is 0 Å². The molecule has 0 aromatic heterocycles. The van der Waals surface area contributed by atoms with Crippen molar-refractivity contribution in [1.29, 1.82) is 0 Å². The van der Waals surface area contributed by atoms with Gasteiger partial charge in [-0.2, -0.15) is 0 Å². The smallest absolute Gasteiger partial charge is 0.0615 e. The summed E-state index contributed by atoms with van der Waals surface area (Å²) < 4.78 is 5.22. The Hall–Kier alpha value is -0.120. The van der Waals surface area contributed by atoms with Gasteiger partial charge in [0.05, 0.1) is 6.61 Å². The first-order valence-corrected chi connectivity index (χ1v) is 6.99. The predicted molar refractivity (Wildman–Crippen MR) is 75.5 cm³/mol. The molecule has 0 aliphatic rings. The number of hydrogen-bond donors (Lipinski definition) is 1. The van der Waals surface area contributed by atoms with Crippen LogP contribution in [0.5, 0.6) is 0 Å². The maximum Gasteiger partial charge on any atom is 0.0615 e. The van der Waals surface area contributed by atoms with Gasteiger partial charge in [0, 0.05) is 25.7 Å². The van der Waals surface area contributed by atoms with E-state index in [2.05, 4.69) is 45.1 Å². The highest BCUT2D eigenvalue weighted by Gasteiger charge is 2.21. The fourth-order valence-corrected chi connectivity index (χ4v) is 2.41. The van der Waals surface area contributed by atoms with Crippen molar-refractivity contribution in [3.8, 4) is 0 Å². The average Bonchev–Trinajstić information content (AvgIpc) is 2.32. The van der Waals surface area contributed by atoms with Crippen molar-refractivity contribution in [2.75, 3.05) is 34.4 Å². The van der Waals surface area contributed by atoms with Crippen molar-refractivity contribution in [3.05, 3.63) is 0 Å². The quantitative estimate of drug-likeness (QED) is 0.638. The largest absolute Gasteiger partial charge is 0.383 e. The average molecular weight is 244 g/mol. The summed E-state index contributed by atoms with van der Waals surface area (Å²) in [6.07, 6.45) is 3.63. The van der Waals surface area contributed by atoms with E-state index in [1.807, 2.05) is 0 Å². The lowest BCUT2D eigenvalue weighted by molar-refractivity contribution is 0.146. The third kappa shape index (κ3) is 6.39. The van der Waals surface area contributed by atoms with Gasteiger partial charge >= 0.3 is 0 Å². The molecule has 0 saturated carbocycles. The molecule has 2 unspecified atom stereocenters. The lowest BCUT2D eigenvalue weighted by Crippen LogP contribution is -2.46. The highest BCUT2D eigenvalue weighted by Crippen LogP contribution is 2.16. The molecule has 0 heterocycles. The van der Waals surface area contributed by atoms with Crippen LogP contribution in [0.25, 0.3) is 0 Å². The van der Waals surface area contributed by atoms with Gasteiger partial charge in [-0.05, 0) is 26.4 Å². The van der Waals surface area contributed by atoms with Crippen LogP contribution in [0.15, 0.2) is 0 Å². The van der Waals surface area contributed by atoms with Crippen molar-refractivity contribution < 1.29 is 4.74 Å². The van der Waals surface area contributed by atoms with Crippen LogP contribution in [0, 0.1) is 5.92 Å². The summed E-state index contributed by atoms with van der Waals surface area (Å²) in [5.74, 6) is 0.776. The van der Waals surface area contributed by atoms with Crippen molar-refractivity contribution in [2.45, 2.75) is 52.1 Å². The molecule has 0 aromatic rings. The Kier molecular flexibility index (Phi) is 9.79. The maximum absolute atomic E-state index is 5.22. The molecule has 0 bridgehead atoms. The van der Waals surface area contributed by atoms with Crippen LogP contribution in [-0.4, -0.2) is 51.3 Å². The lowest BCUT2D eigenvalue weighted by atomic mass is 9.93. The first-order chi connectivity index (χ1) is 8.10. The standard InChI is InChI=1S/C14H32N2O/c1-7-12(8-2)14(16(4)5)10-15-13(9-3)11-17-6/h12-15H,7-11H2,1-6H3. The van der Waals surface area contributed by atoms with Gasteiger partial charge in [0.25, 0.3) is 0 Å². The van der Waals surface area contributed by atoms with E-state index in [9.17, 15) is 0 Å². The Bertz CT molecular complexity index is 170. The van der Waals surface area contributed by atoms with E-state index in [4.69, 9.17) is 4.74 Å². The molecule has 3 heteroatoms. The summed E-state index contributed by atoms with van der Waals surface area (Å²) in [6, 6.07) is 1.10. The molecule has 1 N–H and O–H groups in total. The second kappa shape index (κ2) is 9.86. The Morgan fingerprint density at radius 1 is 1.06 bits per heavy atom. The van der Waals surface area contributed by atoms with Crippen molar-refractivity contribution in [1.82, 2.24) is 10.2 Å². The SMILES string of the molecule is CCC(COC)NCC(C(CC)CC)N(C)C. The molecule has 0 aliphatic heterocycles. The number of hydrogen-bond acceptors (Lipinski definition) is 3. The van der Waals surface area contributed by atoms with Crippen molar-refractivity contribution in [2.24, 2.45) is 5.92 Å². The van der Waals surface area contributed by atoms with Gasteiger partial charge in [0.15, 0.2) is 0 Å². The first-order valence-electron chi connectivity index (χ1n) is 6.99. The van der Waals surface area contributed by atoms with Gasteiger partial charge in [-0.25, -0.2) is 0 Å². The molecule has 104 valence electrons. The van der Waals surface area contributed by atoms with Crippen molar-refractivity contribution >= 4 is 0 Å². The normalized spacial score (nSPS) is 15.5. The molecular formula is C14H32N2O. The van der Waals surface area contributed by atoms with E-state index < -0.39 is 0 Å². The van der Waals surface area contributed by atoms with Gasteiger partial charge in [-0.1, -0.05) is 33.6 Å². The van der Waals surface area contributed by atoms with Gasteiger partial charge in [-0.15, -0.1) is 0 Å². The molecule has 0 amide bonds. The molecule has 0 radical (unpaired) electrons. The van der Waals surface area contributed by atoms with Crippen LogP contribution in [0.2, 0.25) is 0 Å². The minimum atomic E-state index is 0.483. The number of ether oxygens (including phenoxy) is 1. The summed E-state index contributed by atoms with van der Waals surface area (Å²) in [5.41, 5.74) is 0. The van der Waals surface area contributed by atoms with E-state index in [0.717, 1.165) is 25.5 Å². The van der Waals surface area contributed by atoms with E-state index in [0.29, 0.717) is 12.1 Å². The predicted octanol–water partition coefficient (Wildman–Crippen LogP) is 2.37. The molecule has 3 nitrogen and oxygen atoms in total. The summed E-state index contributed by atoms with van der Waals surface area (Å²) in [5, 5.41) is 3.63. The van der Waals surface area contributed by atoms with E-state index in [1.165, 1.54) is 12.8 Å². The third-order valence-corrected chi connectivity index (χ3v) is 3.73.